The van der Waals surface area contributed by atoms with Crippen molar-refractivity contribution in [3.63, 3.8) is 0 Å². The summed E-state index contributed by atoms with van der Waals surface area (Å²) in [5.74, 6) is 1.81. The predicted molar refractivity (Wildman–Crippen MR) is 141 cm³/mol. The van der Waals surface area contributed by atoms with Gasteiger partial charge in [0.15, 0.2) is 0 Å². The fourth-order valence-corrected chi connectivity index (χ4v) is 10.8. The van der Waals surface area contributed by atoms with Crippen LogP contribution in [-0.2, 0) is 15.8 Å². The normalized spacial score (nSPS) is 15.4. The van der Waals surface area contributed by atoms with Crippen molar-refractivity contribution in [2.24, 2.45) is 11.8 Å². The fraction of sp³-hybridized carbons (Fsp3) is 0.714. The third-order valence-electron chi connectivity index (χ3n) is 6.98. The van der Waals surface area contributed by atoms with Gasteiger partial charge in [-0.3, -0.25) is 0 Å². The van der Waals surface area contributed by atoms with Crippen molar-refractivity contribution >= 4 is 8.32 Å². The topological polar surface area (TPSA) is 27.7 Å². The van der Waals surface area contributed by atoms with E-state index in [1.54, 1.807) is 7.11 Å². The molecule has 0 unspecified atom stereocenters. The molecule has 0 saturated carbocycles. The average Bonchev–Trinajstić information content (AvgIpc) is 2.73. The Kier molecular flexibility index (Phi) is 12.3. The minimum Gasteiger partial charge on any atom is -0.497 e. The highest BCUT2D eigenvalue weighted by atomic mass is 28.4. The Morgan fingerprint density at radius 3 is 1.78 bits per heavy atom. The number of hydrogen-bond acceptors (Lipinski definition) is 3. The minimum absolute atomic E-state index is 0.0170. The average molecular weight is 463 g/mol. The van der Waals surface area contributed by atoms with E-state index in [0.717, 1.165) is 17.7 Å². The van der Waals surface area contributed by atoms with E-state index in [1.165, 1.54) is 6.42 Å². The molecular weight excluding hydrogens is 412 g/mol. The summed E-state index contributed by atoms with van der Waals surface area (Å²) in [6, 6.07) is 8.11. The number of ether oxygens (including phenoxy) is 2. The van der Waals surface area contributed by atoms with Crippen LogP contribution in [-0.4, -0.2) is 27.6 Å². The molecule has 0 aromatic heterocycles. The summed E-state index contributed by atoms with van der Waals surface area (Å²) < 4.78 is 19.0. The van der Waals surface area contributed by atoms with E-state index in [9.17, 15) is 0 Å². The van der Waals surface area contributed by atoms with E-state index < -0.39 is 8.32 Å². The van der Waals surface area contributed by atoms with Crippen molar-refractivity contribution in [3.8, 4) is 5.75 Å². The van der Waals surface area contributed by atoms with Crippen LogP contribution in [0.5, 0.6) is 5.75 Å². The van der Waals surface area contributed by atoms with Gasteiger partial charge >= 0.3 is 0 Å². The quantitative estimate of drug-likeness (QED) is 0.193. The summed E-state index contributed by atoms with van der Waals surface area (Å²) in [5, 5.41) is 0. The highest BCUT2D eigenvalue weighted by molar-refractivity contribution is 6.77. The van der Waals surface area contributed by atoms with Gasteiger partial charge in [0.25, 0.3) is 0 Å². The van der Waals surface area contributed by atoms with Crippen molar-refractivity contribution in [1.29, 1.82) is 0 Å². The molecule has 0 aliphatic carbocycles. The van der Waals surface area contributed by atoms with Gasteiger partial charge in [0.2, 0.25) is 8.32 Å². The molecule has 0 aliphatic rings. The van der Waals surface area contributed by atoms with Crippen LogP contribution in [0.2, 0.25) is 16.6 Å². The van der Waals surface area contributed by atoms with Gasteiger partial charge in [-0.1, -0.05) is 80.0 Å². The maximum absolute atomic E-state index is 7.32. The largest absolute Gasteiger partial charge is 0.497 e. The fourth-order valence-electron chi connectivity index (χ4n) is 5.16. The summed E-state index contributed by atoms with van der Waals surface area (Å²) in [7, 11) is -0.363. The molecule has 3 nitrogen and oxygen atoms in total. The zero-order chi connectivity index (χ0) is 24.5. The van der Waals surface area contributed by atoms with Crippen LogP contribution in [0.3, 0.4) is 0 Å². The van der Waals surface area contributed by atoms with Gasteiger partial charge in [0, 0.05) is 5.92 Å². The van der Waals surface area contributed by atoms with Gasteiger partial charge in [0.1, 0.15) is 5.75 Å². The summed E-state index contributed by atoms with van der Waals surface area (Å²) in [5.41, 5.74) is 2.76. The van der Waals surface area contributed by atoms with Gasteiger partial charge < -0.3 is 13.9 Å². The third kappa shape index (κ3) is 7.74. The molecule has 1 rings (SSSR count). The third-order valence-corrected chi connectivity index (χ3v) is 13.1. The van der Waals surface area contributed by atoms with E-state index in [4.69, 9.17) is 13.9 Å². The molecule has 0 aliphatic heterocycles. The molecule has 0 spiro atoms. The lowest BCUT2D eigenvalue weighted by Crippen LogP contribution is -2.54. The Labute approximate surface area is 200 Å². The molecular formula is C28H50O3Si. The lowest BCUT2D eigenvalue weighted by atomic mass is 9.91. The molecule has 0 fully saturated rings. The molecule has 0 heterocycles. The number of hydrogen-bond donors (Lipinski definition) is 0. The van der Waals surface area contributed by atoms with Gasteiger partial charge in [-0.15, -0.1) is 6.58 Å². The maximum atomic E-state index is 7.32. The second-order valence-corrected chi connectivity index (χ2v) is 16.0. The van der Waals surface area contributed by atoms with Crippen LogP contribution in [0.15, 0.2) is 36.9 Å². The van der Waals surface area contributed by atoms with Gasteiger partial charge in [-0.2, -0.15) is 0 Å². The number of rotatable bonds is 15. The molecule has 32 heavy (non-hydrogen) atoms. The molecule has 3 atom stereocenters. The Morgan fingerprint density at radius 2 is 1.38 bits per heavy atom. The van der Waals surface area contributed by atoms with Crippen molar-refractivity contribution < 1.29 is 13.9 Å². The van der Waals surface area contributed by atoms with Crippen molar-refractivity contribution in [2.75, 3.05) is 7.11 Å². The lowest BCUT2D eigenvalue weighted by molar-refractivity contribution is -0.0482. The van der Waals surface area contributed by atoms with Crippen LogP contribution in [0, 0.1) is 11.8 Å². The summed E-state index contributed by atoms with van der Waals surface area (Å²) in [6.45, 7) is 25.6. The first-order valence-electron chi connectivity index (χ1n) is 12.5. The zero-order valence-corrected chi connectivity index (χ0v) is 23.5. The van der Waals surface area contributed by atoms with Crippen molar-refractivity contribution in [1.82, 2.24) is 0 Å². The van der Waals surface area contributed by atoms with Crippen molar-refractivity contribution in [2.45, 2.75) is 111 Å². The molecule has 1 aromatic carbocycles. The summed E-state index contributed by atoms with van der Waals surface area (Å²) in [4.78, 5) is 0. The highest BCUT2D eigenvalue weighted by Crippen LogP contribution is 2.44. The Morgan fingerprint density at radius 1 is 0.844 bits per heavy atom. The molecule has 0 N–H and O–H groups in total. The van der Waals surface area contributed by atoms with Crippen LogP contribution in [0.4, 0.5) is 0 Å². The van der Waals surface area contributed by atoms with E-state index in [0.29, 0.717) is 29.1 Å². The first-order chi connectivity index (χ1) is 15.0. The lowest BCUT2D eigenvalue weighted by Gasteiger charge is -2.47. The smallest absolute Gasteiger partial charge is 0.200 e. The molecule has 0 amide bonds. The van der Waals surface area contributed by atoms with Gasteiger partial charge in [0.05, 0.1) is 25.9 Å². The standard InChI is InChI=1S/C28H50O3Si/c1-12-26(16-13-20(2)3)28(31-32(21(4)5,22(6)7)23(8)9)24(10)30-19-25-14-17-27(29-11)18-15-25/h12,14-15,17-18,20-24,26,28H,1,13,16,19H2,2-11H3/t24-,26+,28-/m0/s1. The van der Waals surface area contributed by atoms with Gasteiger partial charge in [-0.05, 0) is 53.6 Å². The maximum Gasteiger partial charge on any atom is 0.200 e. The van der Waals surface area contributed by atoms with E-state index >= 15 is 0 Å². The molecule has 0 bridgehead atoms. The first-order valence-corrected chi connectivity index (χ1v) is 14.7. The monoisotopic (exact) mass is 462 g/mol. The van der Waals surface area contributed by atoms with E-state index in [2.05, 4.69) is 87.1 Å². The zero-order valence-electron chi connectivity index (χ0n) is 22.5. The number of methoxy groups -OCH3 is 1. The van der Waals surface area contributed by atoms with Gasteiger partial charge in [-0.25, -0.2) is 0 Å². The second kappa shape index (κ2) is 13.6. The molecule has 0 saturated heterocycles. The summed E-state index contributed by atoms with van der Waals surface area (Å²) in [6.07, 6.45) is 4.36. The Balaban J connectivity index is 3.17. The summed E-state index contributed by atoms with van der Waals surface area (Å²) >= 11 is 0. The second-order valence-electron chi connectivity index (χ2n) is 10.6. The van der Waals surface area contributed by atoms with E-state index in [1.807, 2.05) is 12.1 Å². The minimum atomic E-state index is -2.05. The molecule has 1 aromatic rings. The van der Waals surface area contributed by atoms with Crippen LogP contribution < -0.4 is 4.74 Å². The van der Waals surface area contributed by atoms with Crippen LogP contribution >= 0.6 is 0 Å². The highest BCUT2D eigenvalue weighted by Gasteiger charge is 2.48. The SMILES string of the molecule is C=C[C@H](CCC(C)C)[C@@H](O[Si](C(C)C)(C(C)C)C(C)C)[C@H](C)OCc1ccc(OC)cc1. The first kappa shape index (κ1) is 28.9. The van der Waals surface area contributed by atoms with Crippen LogP contribution in [0.25, 0.3) is 0 Å². The van der Waals surface area contributed by atoms with Crippen LogP contribution in [0.1, 0.15) is 80.7 Å². The molecule has 184 valence electrons. The Hall–Kier alpha value is -1.10. The molecule has 4 heteroatoms. The predicted octanol–water partition coefficient (Wildman–Crippen LogP) is 8.40. The molecule has 0 radical (unpaired) electrons. The van der Waals surface area contributed by atoms with E-state index in [-0.39, 0.29) is 18.1 Å². The van der Waals surface area contributed by atoms with Crippen molar-refractivity contribution in [3.05, 3.63) is 42.5 Å². The Bertz CT molecular complexity index is 629. The number of benzene rings is 1.